The Morgan fingerprint density at radius 3 is 0.983 bits per heavy atom. The molecule has 10 aliphatic heterocycles. The zero-order valence-corrected chi connectivity index (χ0v) is 66.1. The highest BCUT2D eigenvalue weighted by atomic mass is 16.5. The predicted molar refractivity (Wildman–Crippen MR) is 465 cm³/mol. The van der Waals surface area contributed by atoms with Crippen LogP contribution >= 0.6 is 0 Å². The third kappa shape index (κ3) is 21.0. The average molecular weight is 1690 g/mol. The summed E-state index contributed by atoms with van der Waals surface area (Å²) in [7, 11) is -29.3. The minimum absolute atomic E-state index is 0.000481. The van der Waals surface area contributed by atoms with Gasteiger partial charge in [-0.3, -0.25) is 48.5 Å². The number of ketones is 5. The smallest absolute Gasteiger partial charge is 0.161 e. The van der Waals surface area contributed by atoms with Gasteiger partial charge in [0.1, 0.15) is 28.9 Å². The van der Waals surface area contributed by atoms with Gasteiger partial charge in [-0.05, 0) is 210 Å². The van der Waals surface area contributed by atoms with Crippen LogP contribution in [0.2, 0.25) is 0 Å². The summed E-state index contributed by atoms with van der Waals surface area (Å²) in [6.07, 6.45) is -23.9. The number of hydrogen-bond acceptors (Lipinski definition) is 20. The molecule has 0 saturated carbocycles. The summed E-state index contributed by atoms with van der Waals surface area (Å²) in [5.41, 5.74) is 3.94. The van der Waals surface area contributed by atoms with Gasteiger partial charge in [-0.2, -0.15) is 0 Å². The Labute approximate surface area is 795 Å². The Morgan fingerprint density at radius 1 is 0.356 bits per heavy atom. The molecule has 648 valence electrons. The van der Waals surface area contributed by atoms with Gasteiger partial charge in [-0.25, -0.2) is 0 Å². The predicted octanol–water partition coefficient (Wildman–Crippen LogP) is 17.4. The van der Waals surface area contributed by atoms with Crippen LogP contribution in [0, 0.1) is 59.1 Å². The summed E-state index contributed by atoms with van der Waals surface area (Å²) in [4.78, 5) is 73.9. The van der Waals surface area contributed by atoms with Gasteiger partial charge in [0.2, 0.25) is 0 Å². The van der Waals surface area contributed by atoms with Gasteiger partial charge in [0, 0.05) is 204 Å². The number of benzene rings is 5. The molecule has 118 heavy (non-hydrogen) atoms. The van der Waals surface area contributed by atoms with E-state index in [1.54, 1.807) is 14.7 Å². The van der Waals surface area contributed by atoms with Crippen LogP contribution in [0.5, 0.6) is 57.5 Å². The lowest BCUT2D eigenvalue weighted by Gasteiger charge is -2.43. The molecule has 20 heteroatoms. The summed E-state index contributed by atoms with van der Waals surface area (Å²) >= 11 is 0. The number of ether oxygens (including phenoxy) is 10. The van der Waals surface area contributed by atoms with Gasteiger partial charge in [0.15, 0.2) is 57.5 Å². The topological polar surface area (TPSA) is 194 Å². The van der Waals surface area contributed by atoms with Crippen molar-refractivity contribution in [2.24, 2.45) is 59.1 Å². The van der Waals surface area contributed by atoms with Crippen LogP contribution in [0.15, 0.2) is 60.7 Å². The van der Waals surface area contributed by atoms with Crippen molar-refractivity contribution in [1.29, 1.82) is 0 Å². The Hall–Kier alpha value is -7.75. The van der Waals surface area contributed by atoms with E-state index in [4.69, 9.17) is 135 Å². The molecule has 0 aromatic heterocycles. The number of methoxy groups -OCH3 is 10. The first-order valence-corrected chi connectivity index (χ1v) is 38.2. The first-order chi connectivity index (χ1) is 81.1. The fourth-order valence-electron chi connectivity index (χ4n) is 16.4. The summed E-state index contributed by atoms with van der Waals surface area (Å²) in [5.74, 6) is -28.2. The fourth-order valence-corrected chi connectivity index (χ4v) is 16.4. The van der Waals surface area contributed by atoms with Crippen molar-refractivity contribution < 1.29 is 159 Å². The molecule has 10 aliphatic rings. The van der Waals surface area contributed by atoms with Gasteiger partial charge < -0.3 is 47.4 Å². The summed E-state index contributed by atoms with van der Waals surface area (Å²) in [5, 5.41) is 0. The van der Waals surface area contributed by atoms with E-state index in [0.29, 0.717) is 85.1 Å². The highest BCUT2D eigenvalue weighted by molar-refractivity contribution is 5.86. The highest BCUT2D eigenvalue weighted by Gasteiger charge is 2.45. The molecule has 0 radical (unpaired) electrons. The summed E-state index contributed by atoms with van der Waals surface area (Å²) in [6.45, 7) is -6.15. The van der Waals surface area contributed by atoms with Crippen LogP contribution in [0.3, 0.4) is 0 Å². The van der Waals surface area contributed by atoms with E-state index in [1.165, 1.54) is 47.4 Å². The van der Waals surface area contributed by atoms with E-state index in [-0.39, 0.29) is 140 Å². The average Bonchev–Trinajstić information content (AvgIpc) is 0.673. The molecule has 0 amide bonds. The molecule has 5 saturated heterocycles. The van der Waals surface area contributed by atoms with Gasteiger partial charge in [-0.1, -0.05) is 88.1 Å². The Morgan fingerprint density at radius 2 is 0.636 bits per heavy atom. The maximum atomic E-state index is 13.7. The van der Waals surface area contributed by atoms with E-state index in [9.17, 15) is 24.0 Å². The van der Waals surface area contributed by atoms with Crippen LogP contribution in [0.4, 0.5) is 0 Å². The first-order valence-electron chi connectivity index (χ1n) is 70.2. The van der Waals surface area contributed by atoms with E-state index in [1.807, 2.05) is 27.7 Å². The van der Waals surface area contributed by atoms with Crippen LogP contribution in [0.25, 0.3) is 0 Å². The number of rotatable bonds is 23. The number of piperidine rings is 5. The van der Waals surface area contributed by atoms with Gasteiger partial charge >= 0.3 is 0 Å². The molecule has 5 fully saturated rings. The largest absolute Gasteiger partial charge is 0.493 e. The third-order valence-electron chi connectivity index (χ3n) is 22.2. The van der Waals surface area contributed by atoms with Crippen molar-refractivity contribution >= 4 is 28.9 Å². The number of fused-ring (bicyclic) bond motifs is 15. The molecule has 13 atom stereocenters. The number of carbonyl (C=O) groups is 5. The van der Waals surface area contributed by atoms with Crippen molar-refractivity contribution in [2.75, 3.05) is 136 Å². The second-order valence-electron chi connectivity index (χ2n) is 30.3. The molecule has 0 N–H and O–H groups in total. The standard InChI is InChI=1S/3C20H29NO3.2C19H27NO3/c3*1-5-13(2)8-15-12-21-7-6-14-9-19(23-3)20(24-4)10-16(14)17(21)11-18(15)22;2*1-12(2)7-14-11-20-6-5-13-8-18(22-3)19(23-4)9-15(13)16(20)10-17(14)21/h3*9-10,13,15,17H,5-8,11-12H2,1-4H3;2*8-9,12,14,16H,5-7,10-11H2,1-4H3/i2D3,3D3,4D3,5D2,8D2,11D2,13D,15D;2D3,3D3,4D3,5D2,8D2,12D2,13D;2D3,3D3,4D3,5D2,8D2,13D;3D3,4D3,10D2,14D;3D3,4D3,11D2. The van der Waals surface area contributed by atoms with E-state index in [2.05, 4.69) is 0 Å². The molecule has 0 bridgehead atoms. The molecule has 20 nitrogen and oxygen atoms in total. The van der Waals surface area contributed by atoms with Gasteiger partial charge in [-0.15, -0.1) is 0 Å². The van der Waals surface area contributed by atoms with Crippen molar-refractivity contribution in [1.82, 2.24) is 24.5 Å². The van der Waals surface area contributed by atoms with Crippen molar-refractivity contribution in [2.45, 2.75) is 214 Å². The SMILES string of the molecule is [2H]C([2H])([2H])Oc1cc2c(cc1OC([2H])([2H])[2H])C1CC(=O)C(C([2H])([2H])C([2H])(C([2H])([2H])[2H])C([2H])([2H])C)C([2H])([2H])N1CC2.[2H]C([2H])([2H])Oc1cc2c(cc1OC([2H])([2H])[2H])C1CC(=O)C(C([2H])([2H])C([2H])(C([2H])([2H])[2H])C([2H])([2H])C)CN1CC2.[2H]C([2H])([2H])Oc1cc2c(cc1OC([2H])([2H])[2H])C1CC(=O)C(CC(C)C)C([2H])([2H])N1CC2.[2H]C([2H])([2H])Oc1cc2c(cc1OC([2H])([2H])[2H])C1N(CC2)CC([2H])(C([2H])([2H])C([2H])(C([2H])([2H])[2H])C([2H])([2H])C)C(=O)C1([2H])[2H].[2H]C([2H])([2H])Oc1cc2c(cc1OC([2H])([2H])[2H])C1N(CC2)CC([2H])(CC(C)C)C(=O)C1([2H])[2H]. The fraction of sp³-hybridized carbons (Fsp3) is 0.643. The second kappa shape index (κ2) is 41.7. The molecule has 10 heterocycles. The van der Waals surface area contributed by atoms with Gasteiger partial charge in [0.25, 0.3) is 0 Å². The normalized spacial score (nSPS) is 38.6. The molecule has 0 aliphatic carbocycles. The lowest BCUT2D eigenvalue weighted by molar-refractivity contribution is -0.130. The lowest BCUT2D eigenvalue weighted by Crippen LogP contribution is -2.46. The van der Waals surface area contributed by atoms with Crippen molar-refractivity contribution in [3.63, 3.8) is 0 Å². The van der Waals surface area contributed by atoms with Crippen LogP contribution in [-0.2, 0) is 56.1 Å². The number of nitrogens with zero attached hydrogens (tertiary/aromatic N) is 5. The van der Waals surface area contributed by atoms with Crippen molar-refractivity contribution in [3.05, 3.63) is 116 Å². The number of hydrogen-bond donors (Lipinski definition) is 0. The minimum Gasteiger partial charge on any atom is -0.493 e. The molecule has 5 aromatic rings. The third-order valence-corrected chi connectivity index (χ3v) is 22.2. The number of carbonyl (C=O) groups excluding carboxylic acids is 5. The van der Waals surface area contributed by atoms with Crippen LogP contribution in [-0.4, -0.2) is 189 Å². The molecule has 13 unspecified atom stereocenters. The minimum atomic E-state index is -3.76. The lowest BCUT2D eigenvalue weighted by atomic mass is 9.79. The van der Waals surface area contributed by atoms with E-state index >= 15 is 0 Å². The first kappa shape index (κ1) is 38.8. The molecule has 0 spiro atoms. The van der Waals surface area contributed by atoms with E-state index in [0.717, 1.165) is 30.0 Å². The molecule has 15 rings (SSSR count). The Bertz CT molecular complexity index is 7030. The zero-order chi connectivity index (χ0) is 140. The maximum absolute atomic E-state index is 13.7. The quantitative estimate of drug-likeness (QED) is 0.0598. The molecular formula is C98H141N5O15. The zero-order valence-electron chi connectivity index (χ0n) is 130. The monoisotopic (exact) mass is 1690 g/mol. The number of Topliss-reactive ketones (excluding diaryl/α,β-unsaturated/α-hetero) is 5. The highest BCUT2D eigenvalue weighted by Crippen LogP contribution is 2.49. The van der Waals surface area contributed by atoms with Crippen molar-refractivity contribution in [3.8, 4) is 57.5 Å². The second-order valence-corrected chi connectivity index (χ2v) is 30.3. The van der Waals surface area contributed by atoms with Gasteiger partial charge in [0.05, 0.1) is 112 Å². The van der Waals surface area contributed by atoms with Crippen LogP contribution < -0.4 is 47.4 Å². The van der Waals surface area contributed by atoms with E-state index < -0.39 is 291 Å². The maximum Gasteiger partial charge on any atom is 0.161 e. The van der Waals surface area contributed by atoms with Crippen LogP contribution in [0.1, 0.15) is 326 Å². The molecular weight excluding hydrogens is 1490 g/mol. The Kier molecular flexibility index (Phi) is 13.7. The summed E-state index contributed by atoms with van der Waals surface area (Å²) < 4.78 is 553. The summed E-state index contributed by atoms with van der Waals surface area (Å²) in [6, 6.07) is 7.48. The molecule has 5 aromatic carbocycles. The Balaban J connectivity index is 0.000000212.